The Balaban J connectivity index is 1.98. The average molecular weight is 465 g/mol. The van der Waals surface area contributed by atoms with E-state index < -0.39 is 22.5 Å². The van der Waals surface area contributed by atoms with E-state index in [-0.39, 0.29) is 15.6 Å². The topological polar surface area (TPSA) is 75.7 Å². The fraction of sp³-hybridized carbons (Fsp3) is 0.0952. The summed E-state index contributed by atoms with van der Waals surface area (Å²) in [7, 11) is -2.59. The molecule has 3 aromatic rings. The molecule has 3 rings (SSSR count). The maximum atomic E-state index is 13.3. The first kappa shape index (κ1) is 22.0. The van der Waals surface area contributed by atoms with Crippen LogP contribution in [-0.2, 0) is 14.8 Å². The average Bonchev–Trinajstić information content (AvgIpc) is 2.74. The van der Waals surface area contributed by atoms with E-state index in [1.54, 1.807) is 42.5 Å². The van der Waals surface area contributed by atoms with Crippen molar-refractivity contribution < 1.29 is 17.9 Å². The first-order valence-electron chi connectivity index (χ1n) is 8.78. The zero-order chi connectivity index (χ0) is 21.7. The highest BCUT2D eigenvalue weighted by atomic mass is 35.5. The molecule has 30 heavy (non-hydrogen) atoms. The van der Waals surface area contributed by atoms with Gasteiger partial charge in [-0.25, -0.2) is 8.42 Å². The lowest BCUT2D eigenvalue weighted by Gasteiger charge is -2.24. The molecule has 0 saturated carbocycles. The standard InChI is InChI=1S/C21H18Cl2N2O4S/c1-29-20-12-11-15(13-18(20)23)25(30(27,28)16-7-3-2-4-8-16)14-21(26)24-19-10-6-5-9-17(19)22/h2-13H,14H2,1H3,(H,24,26). The van der Waals surface area contributed by atoms with Gasteiger partial charge in [0.05, 0.1) is 33.4 Å². The maximum Gasteiger partial charge on any atom is 0.264 e. The Morgan fingerprint density at radius 2 is 1.63 bits per heavy atom. The Hall–Kier alpha value is -2.74. The van der Waals surface area contributed by atoms with Crippen LogP contribution in [0.4, 0.5) is 11.4 Å². The van der Waals surface area contributed by atoms with Crippen LogP contribution in [0.2, 0.25) is 10.0 Å². The van der Waals surface area contributed by atoms with Crippen LogP contribution >= 0.6 is 23.2 Å². The van der Waals surface area contributed by atoms with Crippen LogP contribution in [0, 0.1) is 0 Å². The van der Waals surface area contributed by atoms with E-state index in [4.69, 9.17) is 27.9 Å². The molecule has 6 nitrogen and oxygen atoms in total. The number of sulfonamides is 1. The van der Waals surface area contributed by atoms with Gasteiger partial charge in [0.15, 0.2) is 0 Å². The molecular weight excluding hydrogens is 447 g/mol. The predicted molar refractivity (Wildman–Crippen MR) is 119 cm³/mol. The summed E-state index contributed by atoms with van der Waals surface area (Å²) in [5, 5.41) is 3.20. The maximum absolute atomic E-state index is 13.3. The third-order valence-corrected chi connectivity index (χ3v) is 6.60. The largest absolute Gasteiger partial charge is 0.495 e. The summed E-state index contributed by atoms with van der Waals surface area (Å²) in [6, 6.07) is 19.0. The molecule has 0 saturated heterocycles. The number of halogens is 2. The van der Waals surface area contributed by atoms with Crippen molar-refractivity contribution in [2.75, 3.05) is 23.3 Å². The number of para-hydroxylation sites is 1. The summed E-state index contributed by atoms with van der Waals surface area (Å²) in [6.07, 6.45) is 0. The van der Waals surface area contributed by atoms with E-state index >= 15 is 0 Å². The molecule has 1 amide bonds. The van der Waals surface area contributed by atoms with E-state index in [9.17, 15) is 13.2 Å². The second-order valence-corrected chi connectivity index (χ2v) is 8.85. The van der Waals surface area contributed by atoms with Crippen LogP contribution in [-0.4, -0.2) is 28.0 Å². The zero-order valence-electron chi connectivity index (χ0n) is 15.9. The lowest BCUT2D eigenvalue weighted by atomic mass is 10.3. The second-order valence-electron chi connectivity index (χ2n) is 6.17. The quantitative estimate of drug-likeness (QED) is 0.542. The van der Waals surface area contributed by atoms with Crippen molar-refractivity contribution in [3.63, 3.8) is 0 Å². The van der Waals surface area contributed by atoms with E-state index in [1.807, 2.05) is 0 Å². The minimum Gasteiger partial charge on any atom is -0.495 e. The minimum absolute atomic E-state index is 0.0440. The van der Waals surface area contributed by atoms with E-state index in [1.165, 1.54) is 37.4 Å². The first-order chi connectivity index (χ1) is 14.3. The molecular formula is C21H18Cl2N2O4S. The van der Waals surface area contributed by atoms with Gasteiger partial charge < -0.3 is 10.1 Å². The number of rotatable bonds is 7. The highest BCUT2D eigenvalue weighted by molar-refractivity contribution is 7.92. The third-order valence-electron chi connectivity index (χ3n) is 4.19. The smallest absolute Gasteiger partial charge is 0.264 e. The molecule has 156 valence electrons. The van der Waals surface area contributed by atoms with Gasteiger partial charge in [-0.3, -0.25) is 9.10 Å². The molecule has 1 N–H and O–H groups in total. The normalized spacial score (nSPS) is 11.0. The molecule has 0 unspecified atom stereocenters. The number of amides is 1. The van der Waals surface area contributed by atoms with Crippen molar-refractivity contribution in [1.29, 1.82) is 0 Å². The highest BCUT2D eigenvalue weighted by Crippen LogP contribution is 2.32. The van der Waals surface area contributed by atoms with Crippen LogP contribution in [0.1, 0.15) is 0 Å². The van der Waals surface area contributed by atoms with Gasteiger partial charge in [0.25, 0.3) is 10.0 Å². The first-order valence-corrected chi connectivity index (χ1v) is 11.0. The number of carbonyl (C=O) groups is 1. The number of nitrogens with one attached hydrogen (secondary N) is 1. The lowest BCUT2D eigenvalue weighted by Crippen LogP contribution is -2.38. The van der Waals surface area contributed by atoms with Gasteiger partial charge in [-0.1, -0.05) is 53.5 Å². The summed E-state index contributed by atoms with van der Waals surface area (Å²) >= 11 is 12.3. The van der Waals surface area contributed by atoms with Crippen molar-refractivity contribution in [3.05, 3.63) is 82.8 Å². The van der Waals surface area contributed by atoms with Crippen LogP contribution < -0.4 is 14.4 Å². The fourth-order valence-electron chi connectivity index (χ4n) is 2.73. The van der Waals surface area contributed by atoms with Crippen molar-refractivity contribution in [2.24, 2.45) is 0 Å². The van der Waals surface area contributed by atoms with E-state index in [0.717, 1.165) is 4.31 Å². The van der Waals surface area contributed by atoms with Crippen LogP contribution in [0.5, 0.6) is 5.75 Å². The highest BCUT2D eigenvalue weighted by Gasteiger charge is 2.28. The zero-order valence-corrected chi connectivity index (χ0v) is 18.2. The van der Waals surface area contributed by atoms with Gasteiger partial charge >= 0.3 is 0 Å². The molecule has 3 aromatic carbocycles. The summed E-state index contributed by atoms with van der Waals surface area (Å²) in [6.45, 7) is -0.481. The summed E-state index contributed by atoms with van der Waals surface area (Å²) < 4.78 is 32.7. The van der Waals surface area contributed by atoms with E-state index in [2.05, 4.69) is 5.32 Å². The van der Waals surface area contributed by atoms with Crippen molar-refractivity contribution in [1.82, 2.24) is 0 Å². The third kappa shape index (κ3) is 4.87. The van der Waals surface area contributed by atoms with Crippen LogP contribution in [0.25, 0.3) is 0 Å². The number of hydrogen-bond acceptors (Lipinski definition) is 4. The molecule has 0 spiro atoms. The molecule has 9 heteroatoms. The van der Waals surface area contributed by atoms with Gasteiger partial charge in [-0.05, 0) is 42.5 Å². The van der Waals surface area contributed by atoms with Gasteiger partial charge in [-0.2, -0.15) is 0 Å². The number of anilines is 2. The van der Waals surface area contributed by atoms with Gasteiger partial charge in [0.2, 0.25) is 5.91 Å². The lowest BCUT2D eigenvalue weighted by molar-refractivity contribution is -0.114. The Morgan fingerprint density at radius 3 is 2.27 bits per heavy atom. The number of methoxy groups -OCH3 is 1. The summed E-state index contributed by atoms with van der Waals surface area (Å²) in [5.41, 5.74) is 0.605. The molecule has 0 bridgehead atoms. The molecule has 0 heterocycles. The fourth-order valence-corrected chi connectivity index (χ4v) is 4.60. The Bertz CT molecular complexity index is 1150. The van der Waals surface area contributed by atoms with Crippen molar-refractivity contribution in [2.45, 2.75) is 4.90 Å². The SMILES string of the molecule is COc1ccc(N(CC(=O)Nc2ccccc2Cl)S(=O)(=O)c2ccccc2)cc1Cl. The molecule has 0 aliphatic heterocycles. The number of hydrogen-bond donors (Lipinski definition) is 1. The Kier molecular flexibility index (Phi) is 6.87. The molecule has 0 aliphatic rings. The number of carbonyl (C=O) groups excluding carboxylic acids is 1. The molecule has 0 aromatic heterocycles. The van der Waals surface area contributed by atoms with Crippen molar-refractivity contribution in [3.8, 4) is 5.75 Å². The monoisotopic (exact) mass is 464 g/mol. The van der Waals surface area contributed by atoms with Crippen LogP contribution in [0.3, 0.4) is 0 Å². The number of nitrogens with zero attached hydrogens (tertiary/aromatic N) is 1. The Labute approximate surface area is 185 Å². The molecule has 0 fully saturated rings. The van der Waals surface area contributed by atoms with Crippen LogP contribution in [0.15, 0.2) is 77.7 Å². The van der Waals surface area contributed by atoms with Gasteiger partial charge in [0.1, 0.15) is 12.3 Å². The predicted octanol–water partition coefficient (Wildman–Crippen LogP) is 4.84. The molecule has 0 atom stereocenters. The molecule has 0 aliphatic carbocycles. The minimum atomic E-state index is -4.05. The number of ether oxygens (including phenoxy) is 1. The van der Waals surface area contributed by atoms with Crippen molar-refractivity contribution >= 4 is 50.5 Å². The summed E-state index contributed by atoms with van der Waals surface area (Å²) in [4.78, 5) is 12.7. The summed E-state index contributed by atoms with van der Waals surface area (Å²) in [5.74, 6) is -0.174. The van der Waals surface area contributed by atoms with Gasteiger partial charge in [0, 0.05) is 0 Å². The Morgan fingerprint density at radius 1 is 0.967 bits per heavy atom. The molecule has 0 radical (unpaired) electrons. The number of benzene rings is 3. The van der Waals surface area contributed by atoms with Gasteiger partial charge in [-0.15, -0.1) is 0 Å². The second kappa shape index (κ2) is 9.38. The van der Waals surface area contributed by atoms with E-state index in [0.29, 0.717) is 16.5 Å².